The van der Waals surface area contributed by atoms with Crippen LogP contribution in [-0.2, 0) is 6.54 Å². The van der Waals surface area contributed by atoms with Crippen LogP contribution in [0.3, 0.4) is 0 Å². The van der Waals surface area contributed by atoms with E-state index < -0.39 is 0 Å². The molecule has 0 bridgehead atoms. The van der Waals surface area contributed by atoms with Gasteiger partial charge in [-0.25, -0.2) is 4.68 Å². The zero-order chi connectivity index (χ0) is 14.3. The second-order valence-corrected chi connectivity index (χ2v) is 4.57. The quantitative estimate of drug-likeness (QED) is 0.774. The minimum Gasteiger partial charge on any atom is -0.371 e. The molecule has 0 aliphatic rings. The first-order chi connectivity index (χ1) is 9.15. The van der Waals surface area contributed by atoms with E-state index in [4.69, 9.17) is 0 Å². The predicted octanol–water partition coefficient (Wildman–Crippen LogP) is 1.48. The van der Waals surface area contributed by atoms with Crippen LogP contribution >= 0.6 is 0 Å². The highest BCUT2D eigenvalue weighted by atomic mass is 16.1. The SMILES string of the molecule is CCNC(CC)Cn1ncc(N(CC)CC)cc1=O. The van der Waals surface area contributed by atoms with Gasteiger partial charge in [-0.1, -0.05) is 13.8 Å². The number of nitrogens with zero attached hydrogens (tertiary/aromatic N) is 3. The van der Waals surface area contributed by atoms with Crippen LogP contribution in [0, 0.1) is 0 Å². The fourth-order valence-electron chi connectivity index (χ4n) is 2.16. The molecule has 5 heteroatoms. The van der Waals surface area contributed by atoms with E-state index in [-0.39, 0.29) is 5.56 Å². The molecule has 5 nitrogen and oxygen atoms in total. The third-order valence-corrected chi connectivity index (χ3v) is 3.36. The molecule has 0 spiro atoms. The molecule has 0 aromatic carbocycles. The number of hydrogen-bond acceptors (Lipinski definition) is 4. The largest absolute Gasteiger partial charge is 0.371 e. The smallest absolute Gasteiger partial charge is 0.268 e. The highest BCUT2D eigenvalue weighted by molar-refractivity contribution is 5.42. The van der Waals surface area contributed by atoms with Crippen LogP contribution in [0.25, 0.3) is 0 Å². The Bertz CT molecular complexity index is 426. The van der Waals surface area contributed by atoms with Gasteiger partial charge in [0.25, 0.3) is 5.56 Å². The zero-order valence-electron chi connectivity index (χ0n) is 12.5. The van der Waals surface area contributed by atoms with Gasteiger partial charge in [0.15, 0.2) is 0 Å². The van der Waals surface area contributed by atoms with Crippen LogP contribution in [0.5, 0.6) is 0 Å². The van der Waals surface area contributed by atoms with E-state index in [1.165, 1.54) is 0 Å². The summed E-state index contributed by atoms with van der Waals surface area (Å²) in [6.07, 6.45) is 2.77. The summed E-state index contributed by atoms with van der Waals surface area (Å²) in [5, 5.41) is 7.65. The van der Waals surface area contributed by atoms with Crippen LogP contribution in [0.2, 0.25) is 0 Å². The Labute approximate surface area is 115 Å². The summed E-state index contributed by atoms with van der Waals surface area (Å²) < 4.78 is 1.55. The molecule has 1 N–H and O–H groups in total. The normalized spacial score (nSPS) is 12.4. The van der Waals surface area contributed by atoms with Crippen molar-refractivity contribution >= 4 is 5.69 Å². The maximum atomic E-state index is 12.1. The number of nitrogens with one attached hydrogen (secondary N) is 1. The van der Waals surface area contributed by atoms with E-state index in [1.54, 1.807) is 16.9 Å². The first-order valence-electron chi connectivity index (χ1n) is 7.21. The number of likely N-dealkylation sites (N-methyl/N-ethyl adjacent to an activating group) is 1. The van der Waals surface area contributed by atoms with Crippen molar-refractivity contribution in [3.8, 4) is 0 Å². The third-order valence-electron chi connectivity index (χ3n) is 3.36. The number of hydrogen-bond donors (Lipinski definition) is 1. The van der Waals surface area contributed by atoms with Gasteiger partial charge in [0, 0.05) is 25.2 Å². The lowest BCUT2D eigenvalue weighted by Crippen LogP contribution is -2.37. The molecule has 1 unspecified atom stereocenters. The van der Waals surface area contributed by atoms with Crippen molar-refractivity contribution in [2.24, 2.45) is 0 Å². The van der Waals surface area contributed by atoms with E-state index in [0.717, 1.165) is 31.7 Å². The first-order valence-corrected chi connectivity index (χ1v) is 7.21. The van der Waals surface area contributed by atoms with Gasteiger partial charge in [-0.05, 0) is 26.8 Å². The fourth-order valence-corrected chi connectivity index (χ4v) is 2.16. The van der Waals surface area contributed by atoms with Crippen LogP contribution < -0.4 is 15.8 Å². The molecule has 0 radical (unpaired) electrons. The Balaban J connectivity index is 2.85. The standard InChI is InChI=1S/C14H26N4O/c1-5-12(15-6-2)11-18-14(19)9-13(10-16-18)17(7-3)8-4/h9-10,12,15H,5-8,11H2,1-4H3. The number of aromatic nitrogens is 2. The summed E-state index contributed by atoms with van der Waals surface area (Å²) in [7, 11) is 0. The van der Waals surface area contributed by atoms with Gasteiger partial charge in [-0.15, -0.1) is 0 Å². The second kappa shape index (κ2) is 7.94. The molecule has 1 heterocycles. The van der Waals surface area contributed by atoms with E-state index in [0.29, 0.717) is 12.6 Å². The van der Waals surface area contributed by atoms with E-state index >= 15 is 0 Å². The monoisotopic (exact) mass is 266 g/mol. The summed E-state index contributed by atoms with van der Waals surface area (Å²) in [6, 6.07) is 1.98. The van der Waals surface area contributed by atoms with Gasteiger partial charge in [0.1, 0.15) is 0 Å². The molecule has 0 saturated carbocycles. The average molecular weight is 266 g/mol. The Morgan fingerprint density at radius 2 is 2.00 bits per heavy atom. The minimum atomic E-state index is -0.0271. The van der Waals surface area contributed by atoms with Gasteiger partial charge >= 0.3 is 0 Å². The minimum absolute atomic E-state index is 0.0271. The lowest BCUT2D eigenvalue weighted by atomic mass is 10.2. The second-order valence-electron chi connectivity index (χ2n) is 4.57. The molecule has 19 heavy (non-hydrogen) atoms. The van der Waals surface area contributed by atoms with Crippen molar-refractivity contribution in [1.29, 1.82) is 0 Å². The topological polar surface area (TPSA) is 50.2 Å². The highest BCUT2D eigenvalue weighted by Crippen LogP contribution is 2.08. The van der Waals surface area contributed by atoms with Crippen LogP contribution in [0.1, 0.15) is 34.1 Å². The van der Waals surface area contributed by atoms with Crippen molar-refractivity contribution in [3.05, 3.63) is 22.6 Å². The summed E-state index contributed by atoms with van der Waals surface area (Å²) in [5.74, 6) is 0. The van der Waals surface area contributed by atoms with Crippen molar-refractivity contribution in [3.63, 3.8) is 0 Å². The summed E-state index contributed by atoms with van der Waals surface area (Å²) in [4.78, 5) is 14.2. The van der Waals surface area contributed by atoms with Gasteiger partial charge in [-0.2, -0.15) is 5.10 Å². The lowest BCUT2D eigenvalue weighted by Gasteiger charge is -2.21. The van der Waals surface area contributed by atoms with Gasteiger partial charge < -0.3 is 10.2 Å². The average Bonchev–Trinajstić information content (AvgIpc) is 2.42. The van der Waals surface area contributed by atoms with Gasteiger partial charge in [-0.3, -0.25) is 4.79 Å². The molecule has 1 aromatic heterocycles. The molecule has 0 fully saturated rings. The van der Waals surface area contributed by atoms with Crippen LogP contribution in [0.4, 0.5) is 5.69 Å². The van der Waals surface area contributed by atoms with Crippen LogP contribution in [-0.4, -0.2) is 35.5 Å². The molecule has 0 saturated heterocycles. The molecular weight excluding hydrogens is 240 g/mol. The van der Waals surface area contributed by atoms with E-state index in [2.05, 4.69) is 43.0 Å². The fraction of sp³-hybridized carbons (Fsp3) is 0.714. The number of anilines is 1. The molecule has 108 valence electrons. The van der Waals surface area contributed by atoms with Crippen molar-refractivity contribution in [2.75, 3.05) is 24.5 Å². The highest BCUT2D eigenvalue weighted by Gasteiger charge is 2.09. The van der Waals surface area contributed by atoms with Gasteiger partial charge in [0.2, 0.25) is 0 Å². The third kappa shape index (κ3) is 4.35. The van der Waals surface area contributed by atoms with Crippen molar-refractivity contribution < 1.29 is 0 Å². The molecule has 1 rings (SSSR count). The van der Waals surface area contributed by atoms with Gasteiger partial charge in [0.05, 0.1) is 18.4 Å². The van der Waals surface area contributed by atoms with E-state index in [9.17, 15) is 4.79 Å². The molecule has 0 aliphatic carbocycles. The lowest BCUT2D eigenvalue weighted by molar-refractivity contribution is 0.413. The summed E-state index contributed by atoms with van der Waals surface area (Å²) in [6.45, 7) is 11.6. The Morgan fingerprint density at radius 3 is 2.47 bits per heavy atom. The molecule has 1 atom stereocenters. The zero-order valence-corrected chi connectivity index (χ0v) is 12.5. The Kier molecular flexibility index (Phi) is 6.56. The molecular formula is C14H26N4O. The van der Waals surface area contributed by atoms with Crippen LogP contribution in [0.15, 0.2) is 17.1 Å². The maximum Gasteiger partial charge on any atom is 0.268 e. The molecule has 0 amide bonds. The van der Waals surface area contributed by atoms with Crippen molar-refractivity contribution in [2.45, 2.75) is 46.7 Å². The van der Waals surface area contributed by atoms with E-state index in [1.807, 2.05) is 0 Å². The number of rotatable bonds is 8. The molecule has 0 aliphatic heterocycles. The maximum absolute atomic E-state index is 12.1. The first kappa shape index (κ1) is 15.7. The predicted molar refractivity (Wildman–Crippen MR) is 79.8 cm³/mol. The summed E-state index contributed by atoms with van der Waals surface area (Å²) >= 11 is 0. The summed E-state index contributed by atoms with van der Waals surface area (Å²) in [5.41, 5.74) is 0.878. The Morgan fingerprint density at radius 1 is 1.32 bits per heavy atom. The Hall–Kier alpha value is -1.36. The van der Waals surface area contributed by atoms with Crippen molar-refractivity contribution in [1.82, 2.24) is 15.1 Å². The molecule has 1 aromatic rings.